The highest BCUT2D eigenvalue weighted by atomic mass is 16.4. The van der Waals surface area contributed by atoms with Gasteiger partial charge in [0.05, 0.1) is 30.4 Å². The van der Waals surface area contributed by atoms with E-state index in [9.17, 15) is 30.0 Å². The standard InChI is InChI=1S/C23H32N6O6/c1-13-9-15-17(10-16(13)28-5-3-27(4-6-28)7-8-30)29(11-14(2)20(33)18(32)12-31)21-19(24-15)22(34)26-23(35)25-21/h9-10,14,18,20,30-33H,3-8,11-12H2,1-2H3,(H,26,34,35). The molecule has 35 heavy (non-hydrogen) atoms. The number of H-pyrrole nitrogens is 1. The first-order valence-corrected chi connectivity index (χ1v) is 11.7. The van der Waals surface area contributed by atoms with Crippen LogP contribution in [0.25, 0.3) is 22.6 Å². The first-order valence-electron chi connectivity index (χ1n) is 11.7. The van der Waals surface area contributed by atoms with E-state index in [-0.39, 0.29) is 24.7 Å². The Hall–Kier alpha value is -2.90. The number of benzene rings is 1. The van der Waals surface area contributed by atoms with Crippen LogP contribution in [0.1, 0.15) is 12.5 Å². The largest absolute Gasteiger partial charge is 0.395 e. The molecule has 1 fully saturated rings. The molecule has 3 aliphatic heterocycles. The molecule has 3 atom stereocenters. The number of nitrogens with one attached hydrogen (secondary N) is 1. The molecule has 12 nitrogen and oxygen atoms in total. The minimum Gasteiger partial charge on any atom is -0.395 e. The summed E-state index contributed by atoms with van der Waals surface area (Å²) in [7, 11) is 0. The molecule has 3 aliphatic rings. The SMILES string of the molecule is Cc1cc2nc3c(=O)[nH]c(=O)nc-3n(CC(C)C(O)C(O)CO)c2cc1N1CCN(CCO)CC1. The molecule has 5 N–H and O–H groups in total. The van der Waals surface area contributed by atoms with Crippen molar-refractivity contribution in [1.82, 2.24) is 24.4 Å². The van der Waals surface area contributed by atoms with Crippen molar-refractivity contribution < 1.29 is 20.4 Å². The topological polar surface area (TPSA) is 168 Å². The molecular weight excluding hydrogens is 456 g/mol. The fourth-order valence-electron chi connectivity index (χ4n) is 4.70. The Balaban J connectivity index is 1.84. The smallest absolute Gasteiger partial charge is 0.349 e. The lowest BCUT2D eigenvalue weighted by Crippen LogP contribution is -2.47. The number of aromatic nitrogens is 4. The zero-order valence-electron chi connectivity index (χ0n) is 19.9. The molecule has 0 saturated carbocycles. The summed E-state index contributed by atoms with van der Waals surface area (Å²) in [4.78, 5) is 39.7. The molecule has 12 heteroatoms. The van der Waals surface area contributed by atoms with Gasteiger partial charge in [0, 0.05) is 50.9 Å². The van der Waals surface area contributed by atoms with Crippen LogP contribution in [0.2, 0.25) is 0 Å². The van der Waals surface area contributed by atoms with Crippen LogP contribution < -0.4 is 16.1 Å². The number of aryl methyl sites for hydroxylation is 1. The first-order chi connectivity index (χ1) is 16.7. The Bertz CT molecular complexity index is 1270. The van der Waals surface area contributed by atoms with Crippen molar-refractivity contribution in [3.63, 3.8) is 0 Å². The molecule has 1 aromatic carbocycles. The van der Waals surface area contributed by atoms with E-state index in [1.807, 2.05) is 19.1 Å². The number of aliphatic hydroxyl groups excluding tert-OH is 4. The number of aromatic amines is 1. The maximum atomic E-state index is 12.5. The molecule has 3 heterocycles. The first kappa shape index (κ1) is 25.2. The fraction of sp³-hybridized carbons (Fsp3) is 0.565. The normalized spacial score (nSPS) is 17.7. The minimum absolute atomic E-state index is 0.00580. The van der Waals surface area contributed by atoms with Gasteiger partial charge in [-0.15, -0.1) is 0 Å². The Morgan fingerprint density at radius 2 is 1.80 bits per heavy atom. The summed E-state index contributed by atoms with van der Waals surface area (Å²) in [6.07, 6.45) is -2.56. The highest BCUT2D eigenvalue weighted by Gasteiger charge is 2.27. The summed E-state index contributed by atoms with van der Waals surface area (Å²) in [5, 5.41) is 38.9. The van der Waals surface area contributed by atoms with Crippen molar-refractivity contribution in [1.29, 1.82) is 0 Å². The molecule has 0 aliphatic carbocycles. The third-order valence-corrected chi connectivity index (χ3v) is 6.69. The van der Waals surface area contributed by atoms with Gasteiger partial charge in [0.15, 0.2) is 11.5 Å². The molecular formula is C23H32N6O6. The summed E-state index contributed by atoms with van der Waals surface area (Å²) < 4.78 is 1.68. The predicted molar refractivity (Wildman–Crippen MR) is 130 cm³/mol. The Morgan fingerprint density at radius 3 is 2.46 bits per heavy atom. The van der Waals surface area contributed by atoms with Crippen molar-refractivity contribution in [3.05, 3.63) is 38.5 Å². The second-order valence-corrected chi connectivity index (χ2v) is 9.16. The van der Waals surface area contributed by atoms with E-state index >= 15 is 0 Å². The predicted octanol–water partition coefficient (Wildman–Crippen LogP) is -1.64. The second kappa shape index (κ2) is 10.4. The number of hydrogen-bond acceptors (Lipinski definition) is 10. The number of anilines is 1. The highest BCUT2D eigenvalue weighted by Crippen LogP contribution is 2.30. The maximum absolute atomic E-state index is 12.5. The van der Waals surface area contributed by atoms with Crippen LogP contribution in [-0.2, 0) is 6.54 Å². The van der Waals surface area contributed by atoms with Gasteiger partial charge in [0.1, 0.15) is 6.10 Å². The lowest BCUT2D eigenvalue weighted by Gasteiger charge is -2.36. The Kier molecular flexibility index (Phi) is 7.47. The number of β-amino-alcohol motifs (C(OH)–C–C–N with tert-alkyl or cyclic N) is 1. The van der Waals surface area contributed by atoms with Crippen LogP contribution in [0.3, 0.4) is 0 Å². The van der Waals surface area contributed by atoms with Crippen molar-refractivity contribution in [3.8, 4) is 11.5 Å². The Labute approximate surface area is 201 Å². The van der Waals surface area contributed by atoms with E-state index in [1.165, 1.54) is 0 Å². The van der Waals surface area contributed by atoms with E-state index in [0.717, 1.165) is 37.4 Å². The Morgan fingerprint density at radius 1 is 1.09 bits per heavy atom. The van der Waals surface area contributed by atoms with Crippen LogP contribution >= 0.6 is 0 Å². The maximum Gasteiger partial charge on any atom is 0.349 e. The van der Waals surface area contributed by atoms with E-state index < -0.39 is 36.0 Å². The van der Waals surface area contributed by atoms with Gasteiger partial charge in [-0.2, -0.15) is 4.98 Å². The molecule has 0 radical (unpaired) electrons. The zero-order chi connectivity index (χ0) is 25.3. The number of hydrogen-bond donors (Lipinski definition) is 5. The summed E-state index contributed by atoms with van der Waals surface area (Å²) in [5.74, 6) is -0.453. The van der Waals surface area contributed by atoms with Crippen molar-refractivity contribution >= 4 is 16.7 Å². The van der Waals surface area contributed by atoms with E-state index in [1.54, 1.807) is 11.5 Å². The van der Waals surface area contributed by atoms with E-state index in [0.29, 0.717) is 17.6 Å². The van der Waals surface area contributed by atoms with Crippen LogP contribution in [-0.4, -0.2) is 103 Å². The molecule has 0 aromatic heterocycles. The summed E-state index contributed by atoms with van der Waals surface area (Å²) in [6.45, 7) is 7.13. The van der Waals surface area contributed by atoms with Crippen molar-refractivity contribution in [2.45, 2.75) is 32.6 Å². The molecule has 0 bridgehead atoms. The molecule has 1 saturated heterocycles. The quantitative estimate of drug-likeness (QED) is 0.232. The third kappa shape index (κ3) is 5.07. The summed E-state index contributed by atoms with van der Waals surface area (Å²) in [6, 6.07) is 3.84. The molecule has 3 unspecified atom stereocenters. The monoisotopic (exact) mass is 488 g/mol. The molecule has 1 aromatic rings. The zero-order valence-corrected chi connectivity index (χ0v) is 19.9. The van der Waals surface area contributed by atoms with Gasteiger partial charge < -0.3 is 29.9 Å². The number of fused-ring (bicyclic) bond motifs is 2. The van der Waals surface area contributed by atoms with Gasteiger partial charge in [-0.05, 0) is 24.6 Å². The summed E-state index contributed by atoms with van der Waals surface area (Å²) >= 11 is 0. The molecule has 0 amide bonds. The van der Waals surface area contributed by atoms with Gasteiger partial charge in [-0.3, -0.25) is 14.7 Å². The highest BCUT2D eigenvalue weighted by molar-refractivity contribution is 5.84. The minimum atomic E-state index is -1.33. The van der Waals surface area contributed by atoms with E-state index in [2.05, 4.69) is 24.8 Å². The van der Waals surface area contributed by atoms with Gasteiger partial charge >= 0.3 is 5.69 Å². The molecule has 0 spiro atoms. The second-order valence-electron chi connectivity index (χ2n) is 9.16. The third-order valence-electron chi connectivity index (χ3n) is 6.69. The lowest BCUT2D eigenvalue weighted by atomic mass is 9.99. The van der Waals surface area contributed by atoms with Crippen molar-refractivity contribution in [2.24, 2.45) is 5.92 Å². The average Bonchev–Trinajstić information content (AvgIpc) is 2.84. The molecule has 190 valence electrons. The lowest BCUT2D eigenvalue weighted by molar-refractivity contribution is -0.0423. The fourth-order valence-corrected chi connectivity index (χ4v) is 4.70. The number of piperazine rings is 1. The van der Waals surface area contributed by atoms with Gasteiger partial charge in [-0.1, -0.05) is 6.92 Å². The van der Waals surface area contributed by atoms with Gasteiger partial charge in [0.25, 0.3) is 5.56 Å². The van der Waals surface area contributed by atoms with Crippen LogP contribution in [0.4, 0.5) is 5.69 Å². The van der Waals surface area contributed by atoms with Gasteiger partial charge in [-0.25, -0.2) is 9.78 Å². The van der Waals surface area contributed by atoms with Gasteiger partial charge in [0.2, 0.25) is 0 Å². The van der Waals surface area contributed by atoms with Crippen molar-refractivity contribution in [2.75, 3.05) is 50.8 Å². The summed E-state index contributed by atoms with van der Waals surface area (Å²) in [5.41, 5.74) is 1.67. The average molecular weight is 489 g/mol. The molecule has 4 rings (SSSR count). The van der Waals surface area contributed by atoms with Crippen LogP contribution in [0.15, 0.2) is 21.7 Å². The van der Waals surface area contributed by atoms with Crippen LogP contribution in [0, 0.1) is 12.8 Å². The van der Waals surface area contributed by atoms with Crippen LogP contribution in [0.5, 0.6) is 0 Å². The number of nitrogens with zero attached hydrogens (tertiary/aromatic N) is 5. The number of aliphatic hydroxyl groups is 4. The number of rotatable bonds is 8. The van der Waals surface area contributed by atoms with E-state index in [4.69, 9.17) is 0 Å².